The SMILES string of the molecule is CN1CCN(c2ncccc2CNC(=O)c2cc(S(=O)(=O)N(C)C)ccc2Cl)CC1. The topological polar surface area (TPSA) is 85.8 Å². The summed E-state index contributed by atoms with van der Waals surface area (Å²) in [5, 5.41) is 3.03. The third-order valence-electron chi connectivity index (χ3n) is 5.07. The molecule has 0 spiro atoms. The van der Waals surface area contributed by atoms with E-state index in [4.69, 9.17) is 11.6 Å². The number of nitrogens with zero attached hydrogens (tertiary/aromatic N) is 4. The highest BCUT2D eigenvalue weighted by Gasteiger charge is 2.22. The zero-order valence-corrected chi connectivity index (χ0v) is 18.9. The number of carbonyl (C=O) groups excluding carboxylic acids is 1. The van der Waals surface area contributed by atoms with Crippen LogP contribution in [-0.2, 0) is 16.6 Å². The Balaban J connectivity index is 1.77. The number of likely N-dealkylation sites (N-methyl/N-ethyl adjacent to an activating group) is 1. The van der Waals surface area contributed by atoms with E-state index < -0.39 is 15.9 Å². The van der Waals surface area contributed by atoms with E-state index in [0.717, 1.165) is 41.9 Å². The molecule has 2 heterocycles. The van der Waals surface area contributed by atoms with Crippen molar-refractivity contribution in [3.05, 3.63) is 52.7 Å². The predicted octanol–water partition coefficient (Wildman–Crippen LogP) is 1.67. The number of amides is 1. The molecule has 1 N–H and O–H groups in total. The van der Waals surface area contributed by atoms with Gasteiger partial charge in [0.2, 0.25) is 10.0 Å². The molecule has 0 radical (unpaired) electrons. The van der Waals surface area contributed by atoms with E-state index >= 15 is 0 Å². The first kappa shape index (κ1) is 22.5. The average molecular weight is 452 g/mol. The van der Waals surface area contributed by atoms with E-state index in [2.05, 4.69) is 27.1 Å². The van der Waals surface area contributed by atoms with Crippen molar-refractivity contribution in [1.82, 2.24) is 19.5 Å². The lowest BCUT2D eigenvalue weighted by Gasteiger charge is -2.34. The van der Waals surface area contributed by atoms with E-state index in [0.29, 0.717) is 0 Å². The fourth-order valence-electron chi connectivity index (χ4n) is 3.19. The Kier molecular flexibility index (Phi) is 6.97. The monoisotopic (exact) mass is 451 g/mol. The molecule has 1 amide bonds. The maximum Gasteiger partial charge on any atom is 0.253 e. The number of aromatic nitrogens is 1. The summed E-state index contributed by atoms with van der Waals surface area (Å²) in [6.45, 7) is 3.89. The van der Waals surface area contributed by atoms with Gasteiger partial charge in [0.25, 0.3) is 5.91 Å². The lowest BCUT2D eigenvalue weighted by Crippen LogP contribution is -2.45. The third kappa shape index (κ3) is 4.92. The van der Waals surface area contributed by atoms with Gasteiger partial charge >= 0.3 is 0 Å². The number of rotatable bonds is 6. The normalized spacial score (nSPS) is 15.4. The maximum absolute atomic E-state index is 12.8. The van der Waals surface area contributed by atoms with Crippen LogP contribution in [-0.4, -0.2) is 75.8 Å². The molecule has 0 unspecified atom stereocenters. The van der Waals surface area contributed by atoms with Gasteiger partial charge in [-0.25, -0.2) is 17.7 Å². The van der Waals surface area contributed by atoms with Crippen molar-refractivity contribution >= 4 is 33.3 Å². The number of hydrogen-bond donors (Lipinski definition) is 1. The highest BCUT2D eigenvalue weighted by molar-refractivity contribution is 7.89. The first-order valence-electron chi connectivity index (χ1n) is 9.58. The summed E-state index contributed by atoms with van der Waals surface area (Å²) in [5.41, 5.74) is 1.01. The molecule has 8 nitrogen and oxygen atoms in total. The minimum absolute atomic E-state index is 0.0153. The molecular formula is C20H26ClN5O3S. The summed E-state index contributed by atoms with van der Waals surface area (Å²) >= 11 is 6.17. The van der Waals surface area contributed by atoms with E-state index in [-0.39, 0.29) is 22.0 Å². The van der Waals surface area contributed by atoms with Crippen molar-refractivity contribution in [3.63, 3.8) is 0 Å². The van der Waals surface area contributed by atoms with Crippen molar-refractivity contribution in [2.24, 2.45) is 0 Å². The molecule has 30 heavy (non-hydrogen) atoms. The van der Waals surface area contributed by atoms with Crippen LogP contribution in [0, 0.1) is 0 Å². The largest absolute Gasteiger partial charge is 0.354 e. The number of halogens is 1. The number of piperazine rings is 1. The van der Waals surface area contributed by atoms with Gasteiger partial charge < -0.3 is 15.1 Å². The smallest absolute Gasteiger partial charge is 0.253 e. The van der Waals surface area contributed by atoms with Crippen molar-refractivity contribution in [1.29, 1.82) is 0 Å². The summed E-state index contributed by atoms with van der Waals surface area (Å²) in [5.74, 6) is 0.407. The van der Waals surface area contributed by atoms with Crippen LogP contribution in [0.2, 0.25) is 5.02 Å². The van der Waals surface area contributed by atoms with E-state index in [9.17, 15) is 13.2 Å². The lowest BCUT2D eigenvalue weighted by atomic mass is 10.2. The van der Waals surface area contributed by atoms with Gasteiger partial charge in [-0.15, -0.1) is 0 Å². The van der Waals surface area contributed by atoms with Gasteiger partial charge in [0.15, 0.2) is 0 Å². The van der Waals surface area contributed by atoms with Gasteiger partial charge in [-0.1, -0.05) is 17.7 Å². The quantitative estimate of drug-likeness (QED) is 0.719. The fraction of sp³-hybridized carbons (Fsp3) is 0.400. The van der Waals surface area contributed by atoms with Crippen LogP contribution in [0.4, 0.5) is 5.82 Å². The molecule has 1 fully saturated rings. The summed E-state index contributed by atoms with van der Waals surface area (Å²) in [4.78, 5) is 21.8. The van der Waals surface area contributed by atoms with Crippen LogP contribution in [0.3, 0.4) is 0 Å². The summed E-state index contributed by atoms with van der Waals surface area (Å²) in [7, 11) is 1.29. The first-order valence-corrected chi connectivity index (χ1v) is 11.4. The highest BCUT2D eigenvalue weighted by atomic mass is 35.5. The Bertz CT molecular complexity index is 1020. The van der Waals surface area contributed by atoms with Gasteiger partial charge in [-0.05, 0) is 31.3 Å². The van der Waals surface area contributed by atoms with E-state index in [1.165, 1.54) is 32.3 Å². The van der Waals surface area contributed by atoms with Crippen molar-refractivity contribution in [3.8, 4) is 0 Å². The molecule has 1 aliphatic rings. The molecule has 162 valence electrons. The predicted molar refractivity (Wildman–Crippen MR) is 117 cm³/mol. The van der Waals surface area contributed by atoms with E-state index in [1.54, 1.807) is 6.20 Å². The Labute approximate surface area is 182 Å². The first-order chi connectivity index (χ1) is 14.2. The molecule has 1 aromatic carbocycles. The van der Waals surface area contributed by atoms with Crippen LogP contribution in [0.15, 0.2) is 41.4 Å². The number of hydrogen-bond acceptors (Lipinski definition) is 6. The maximum atomic E-state index is 12.8. The Morgan fingerprint density at radius 2 is 1.90 bits per heavy atom. The Hall–Kier alpha value is -2.20. The second-order valence-corrected chi connectivity index (χ2v) is 9.95. The van der Waals surface area contributed by atoms with Gasteiger partial charge in [0, 0.05) is 58.6 Å². The second-order valence-electron chi connectivity index (χ2n) is 7.39. The van der Waals surface area contributed by atoms with Crippen LogP contribution in [0.1, 0.15) is 15.9 Å². The standard InChI is InChI=1S/C20H26ClN5O3S/c1-24(2)30(28,29)16-6-7-18(21)17(13-16)20(27)23-14-15-5-4-8-22-19(15)26-11-9-25(3)10-12-26/h4-8,13H,9-12,14H2,1-3H3,(H,23,27). The Morgan fingerprint density at radius 3 is 2.57 bits per heavy atom. The van der Waals surface area contributed by atoms with Gasteiger partial charge in [0.1, 0.15) is 5.82 Å². The van der Waals surface area contributed by atoms with Gasteiger partial charge in [-0.2, -0.15) is 0 Å². The van der Waals surface area contributed by atoms with Crippen molar-refractivity contribution in [2.45, 2.75) is 11.4 Å². The fourth-order valence-corrected chi connectivity index (χ4v) is 4.32. The lowest BCUT2D eigenvalue weighted by molar-refractivity contribution is 0.0951. The summed E-state index contributed by atoms with van der Waals surface area (Å²) in [6, 6.07) is 7.87. The minimum atomic E-state index is -3.67. The van der Waals surface area contributed by atoms with Crippen molar-refractivity contribution < 1.29 is 13.2 Å². The van der Waals surface area contributed by atoms with Crippen molar-refractivity contribution in [2.75, 3.05) is 52.2 Å². The number of carbonyl (C=O) groups is 1. The summed E-state index contributed by atoms with van der Waals surface area (Å²) in [6.07, 6.45) is 1.74. The number of benzene rings is 1. The molecule has 3 rings (SSSR count). The molecule has 0 aliphatic carbocycles. The number of nitrogens with one attached hydrogen (secondary N) is 1. The Morgan fingerprint density at radius 1 is 1.20 bits per heavy atom. The number of sulfonamides is 1. The molecular weight excluding hydrogens is 426 g/mol. The molecule has 10 heteroatoms. The number of anilines is 1. The molecule has 2 aromatic rings. The van der Waals surface area contributed by atoms with Gasteiger partial charge in [0.05, 0.1) is 15.5 Å². The van der Waals surface area contributed by atoms with Crippen LogP contribution >= 0.6 is 11.6 Å². The highest BCUT2D eigenvalue weighted by Crippen LogP contribution is 2.23. The zero-order chi connectivity index (χ0) is 21.9. The van der Waals surface area contributed by atoms with Crippen LogP contribution in [0.25, 0.3) is 0 Å². The second kappa shape index (κ2) is 9.30. The molecule has 0 saturated carbocycles. The minimum Gasteiger partial charge on any atom is -0.354 e. The number of pyridine rings is 1. The van der Waals surface area contributed by atoms with Gasteiger partial charge in [-0.3, -0.25) is 4.79 Å². The third-order valence-corrected chi connectivity index (χ3v) is 7.21. The summed E-state index contributed by atoms with van der Waals surface area (Å²) < 4.78 is 25.8. The molecule has 1 aromatic heterocycles. The molecule has 1 aliphatic heterocycles. The average Bonchev–Trinajstić information content (AvgIpc) is 2.73. The molecule has 0 bridgehead atoms. The van der Waals surface area contributed by atoms with Crippen LogP contribution < -0.4 is 10.2 Å². The molecule has 1 saturated heterocycles. The van der Waals surface area contributed by atoms with Crippen LogP contribution in [0.5, 0.6) is 0 Å². The van der Waals surface area contributed by atoms with E-state index in [1.807, 2.05) is 12.1 Å². The molecule has 0 atom stereocenters. The zero-order valence-electron chi connectivity index (χ0n) is 17.3.